The minimum absolute atomic E-state index is 0.231. The van der Waals surface area contributed by atoms with Gasteiger partial charge in [0, 0.05) is 19.6 Å². The fourth-order valence-corrected chi connectivity index (χ4v) is 3.13. The zero-order valence-corrected chi connectivity index (χ0v) is 14.0. The molecule has 1 saturated heterocycles. The number of hydrogen-bond donors (Lipinski definition) is 1. The Morgan fingerprint density at radius 2 is 1.91 bits per heavy atom. The molecular formula is C19H30N2O. The molecular weight excluding hydrogens is 272 g/mol. The Hall–Kier alpha value is -1.16. The van der Waals surface area contributed by atoms with E-state index in [2.05, 4.69) is 60.2 Å². The minimum atomic E-state index is 0.231. The first-order valence-electron chi connectivity index (χ1n) is 8.35. The fourth-order valence-electron chi connectivity index (χ4n) is 3.13. The van der Waals surface area contributed by atoms with E-state index in [-0.39, 0.29) is 6.61 Å². The molecule has 0 radical (unpaired) electrons. The summed E-state index contributed by atoms with van der Waals surface area (Å²) in [4.78, 5) is 4.79. The molecule has 1 fully saturated rings. The summed E-state index contributed by atoms with van der Waals surface area (Å²) < 4.78 is 0. The Kier molecular flexibility index (Phi) is 6.62. The van der Waals surface area contributed by atoms with E-state index in [9.17, 15) is 5.11 Å². The van der Waals surface area contributed by atoms with E-state index in [1.54, 1.807) is 0 Å². The molecule has 0 aromatic heterocycles. The first-order chi connectivity index (χ1) is 10.6. The highest BCUT2D eigenvalue weighted by Crippen LogP contribution is 2.31. The van der Waals surface area contributed by atoms with Crippen LogP contribution in [0.1, 0.15) is 25.3 Å². The summed E-state index contributed by atoms with van der Waals surface area (Å²) >= 11 is 0. The van der Waals surface area contributed by atoms with Gasteiger partial charge in [0.05, 0.1) is 6.61 Å². The van der Waals surface area contributed by atoms with Gasteiger partial charge in [0.15, 0.2) is 0 Å². The van der Waals surface area contributed by atoms with Gasteiger partial charge < -0.3 is 10.0 Å². The molecule has 0 unspecified atom stereocenters. The van der Waals surface area contributed by atoms with Crippen molar-refractivity contribution in [2.75, 3.05) is 46.4 Å². The molecule has 1 aromatic rings. The van der Waals surface area contributed by atoms with Crippen LogP contribution >= 0.6 is 0 Å². The van der Waals surface area contributed by atoms with Gasteiger partial charge in [-0.25, -0.2) is 0 Å². The molecule has 22 heavy (non-hydrogen) atoms. The summed E-state index contributed by atoms with van der Waals surface area (Å²) in [6.07, 6.45) is 6.87. The summed E-state index contributed by atoms with van der Waals surface area (Å²) in [5.41, 5.74) is 1.61. The van der Waals surface area contributed by atoms with Crippen LogP contribution in [0.4, 0.5) is 0 Å². The molecule has 0 spiro atoms. The van der Waals surface area contributed by atoms with Crippen molar-refractivity contribution < 1.29 is 5.11 Å². The van der Waals surface area contributed by atoms with Gasteiger partial charge >= 0.3 is 0 Å². The van der Waals surface area contributed by atoms with Crippen molar-refractivity contribution in [1.29, 1.82) is 0 Å². The molecule has 0 aliphatic carbocycles. The molecule has 1 aliphatic rings. The lowest BCUT2D eigenvalue weighted by atomic mass is 9.80. The smallest absolute Gasteiger partial charge is 0.0558 e. The van der Waals surface area contributed by atoms with Crippen LogP contribution in [0.25, 0.3) is 6.08 Å². The summed E-state index contributed by atoms with van der Waals surface area (Å²) in [6, 6.07) is 10.4. The molecule has 2 rings (SSSR count). The standard InChI is InChI=1S/C19H30N2O/c1-19(10-13-20(2)14-11-19)17-21(15-16-22)12-6-9-18-7-4-3-5-8-18/h3-9,22H,10-17H2,1-2H3. The van der Waals surface area contributed by atoms with Crippen LogP contribution in [0, 0.1) is 5.41 Å². The highest BCUT2D eigenvalue weighted by atomic mass is 16.3. The SMILES string of the molecule is CN1CCC(C)(CN(CC=Cc2ccccc2)CCO)CC1. The zero-order chi connectivity index (χ0) is 15.8. The second-order valence-corrected chi connectivity index (χ2v) is 6.89. The third kappa shape index (κ3) is 5.56. The Balaban J connectivity index is 1.88. The second-order valence-electron chi connectivity index (χ2n) is 6.89. The Labute approximate surface area is 135 Å². The van der Waals surface area contributed by atoms with Crippen LogP contribution in [0.15, 0.2) is 36.4 Å². The average molecular weight is 302 g/mol. The number of aliphatic hydroxyl groups excluding tert-OH is 1. The molecule has 3 nitrogen and oxygen atoms in total. The minimum Gasteiger partial charge on any atom is -0.395 e. The van der Waals surface area contributed by atoms with Crippen LogP contribution in [-0.2, 0) is 0 Å². The average Bonchev–Trinajstić information content (AvgIpc) is 2.52. The highest BCUT2D eigenvalue weighted by Gasteiger charge is 2.30. The molecule has 1 N–H and O–H groups in total. The molecule has 0 saturated carbocycles. The third-order valence-electron chi connectivity index (χ3n) is 4.69. The van der Waals surface area contributed by atoms with Crippen LogP contribution < -0.4 is 0 Å². The topological polar surface area (TPSA) is 26.7 Å². The predicted octanol–water partition coefficient (Wildman–Crippen LogP) is 2.73. The van der Waals surface area contributed by atoms with Gasteiger partial charge in [-0.2, -0.15) is 0 Å². The van der Waals surface area contributed by atoms with Gasteiger partial charge in [-0.1, -0.05) is 49.4 Å². The lowest BCUT2D eigenvalue weighted by Crippen LogP contribution is -2.44. The van der Waals surface area contributed by atoms with Crippen molar-refractivity contribution in [3.05, 3.63) is 42.0 Å². The first kappa shape index (κ1) is 17.2. The van der Waals surface area contributed by atoms with E-state index in [1.165, 1.54) is 31.5 Å². The number of rotatable bonds is 7. The Morgan fingerprint density at radius 3 is 2.55 bits per heavy atom. The highest BCUT2D eigenvalue weighted by molar-refractivity contribution is 5.48. The van der Waals surface area contributed by atoms with Gasteiger partial charge in [-0.3, -0.25) is 4.90 Å². The first-order valence-corrected chi connectivity index (χ1v) is 8.35. The molecule has 0 atom stereocenters. The largest absolute Gasteiger partial charge is 0.395 e. The van der Waals surface area contributed by atoms with Gasteiger partial charge in [-0.15, -0.1) is 0 Å². The van der Waals surface area contributed by atoms with E-state index in [0.29, 0.717) is 5.41 Å². The molecule has 1 heterocycles. The van der Waals surface area contributed by atoms with Crippen molar-refractivity contribution in [2.24, 2.45) is 5.41 Å². The van der Waals surface area contributed by atoms with Gasteiger partial charge in [0.2, 0.25) is 0 Å². The molecule has 1 aliphatic heterocycles. The van der Waals surface area contributed by atoms with Crippen molar-refractivity contribution in [2.45, 2.75) is 19.8 Å². The van der Waals surface area contributed by atoms with Gasteiger partial charge in [-0.05, 0) is 44.0 Å². The van der Waals surface area contributed by atoms with Crippen molar-refractivity contribution in [3.63, 3.8) is 0 Å². The van der Waals surface area contributed by atoms with E-state index in [4.69, 9.17) is 0 Å². The lowest BCUT2D eigenvalue weighted by Gasteiger charge is -2.41. The number of hydrogen-bond acceptors (Lipinski definition) is 3. The normalized spacial score (nSPS) is 19.1. The van der Waals surface area contributed by atoms with Crippen molar-refractivity contribution in [1.82, 2.24) is 9.80 Å². The van der Waals surface area contributed by atoms with Gasteiger partial charge in [0.25, 0.3) is 0 Å². The summed E-state index contributed by atoms with van der Waals surface area (Å²) in [5.74, 6) is 0. The van der Waals surface area contributed by atoms with Crippen molar-refractivity contribution >= 4 is 6.08 Å². The fraction of sp³-hybridized carbons (Fsp3) is 0.579. The number of likely N-dealkylation sites (tertiary alicyclic amines) is 1. The molecule has 3 heteroatoms. The third-order valence-corrected chi connectivity index (χ3v) is 4.69. The Bertz CT molecular complexity index is 450. The van der Waals surface area contributed by atoms with Crippen LogP contribution in [0.2, 0.25) is 0 Å². The zero-order valence-electron chi connectivity index (χ0n) is 14.0. The van der Waals surface area contributed by atoms with E-state index >= 15 is 0 Å². The monoisotopic (exact) mass is 302 g/mol. The number of aliphatic hydroxyl groups is 1. The lowest BCUT2D eigenvalue weighted by molar-refractivity contribution is 0.0828. The molecule has 1 aromatic carbocycles. The summed E-state index contributed by atoms with van der Waals surface area (Å²) in [6.45, 7) is 7.72. The predicted molar refractivity (Wildman–Crippen MR) is 93.8 cm³/mol. The molecule has 122 valence electrons. The maximum Gasteiger partial charge on any atom is 0.0558 e. The maximum absolute atomic E-state index is 9.33. The van der Waals surface area contributed by atoms with Crippen LogP contribution in [0.5, 0.6) is 0 Å². The van der Waals surface area contributed by atoms with Gasteiger partial charge in [0.1, 0.15) is 0 Å². The van der Waals surface area contributed by atoms with E-state index < -0.39 is 0 Å². The summed E-state index contributed by atoms with van der Waals surface area (Å²) in [5, 5.41) is 9.33. The van der Waals surface area contributed by atoms with Crippen molar-refractivity contribution in [3.8, 4) is 0 Å². The van der Waals surface area contributed by atoms with Crippen LogP contribution in [0.3, 0.4) is 0 Å². The quantitative estimate of drug-likeness (QED) is 0.839. The number of piperidine rings is 1. The van der Waals surface area contributed by atoms with E-state index in [0.717, 1.165) is 19.6 Å². The second kappa shape index (κ2) is 8.47. The Morgan fingerprint density at radius 1 is 1.23 bits per heavy atom. The maximum atomic E-state index is 9.33. The number of nitrogens with zero attached hydrogens (tertiary/aromatic N) is 2. The van der Waals surface area contributed by atoms with Crippen LogP contribution in [-0.4, -0.2) is 61.3 Å². The van der Waals surface area contributed by atoms with E-state index in [1.807, 2.05) is 6.07 Å². The number of benzene rings is 1. The summed E-state index contributed by atoms with van der Waals surface area (Å²) in [7, 11) is 2.20. The molecule has 0 bridgehead atoms. The molecule has 0 amide bonds.